The molecule has 7 heteroatoms. The number of nitrogens with zero attached hydrogens (tertiary/aromatic N) is 2. The van der Waals surface area contributed by atoms with Crippen LogP contribution >= 0.6 is 0 Å². The van der Waals surface area contributed by atoms with Gasteiger partial charge in [0.05, 0.1) is 23.1 Å². The minimum absolute atomic E-state index is 0.167. The number of imidazole rings is 1. The van der Waals surface area contributed by atoms with Crippen molar-refractivity contribution in [3.05, 3.63) is 65.5 Å². The zero-order chi connectivity index (χ0) is 21.2. The quantitative estimate of drug-likeness (QED) is 0.595. The Morgan fingerprint density at radius 2 is 1.72 bits per heavy atom. The van der Waals surface area contributed by atoms with Gasteiger partial charge in [0.15, 0.2) is 0 Å². The highest BCUT2D eigenvalue weighted by Crippen LogP contribution is 2.30. The molecule has 4 nitrogen and oxygen atoms in total. The smallest absolute Gasteiger partial charge is 0.349 e. The number of halogens is 3. The number of alkyl halides is 3. The van der Waals surface area contributed by atoms with Crippen molar-refractivity contribution in [2.75, 3.05) is 0 Å². The van der Waals surface area contributed by atoms with Crippen molar-refractivity contribution >= 4 is 16.9 Å². The van der Waals surface area contributed by atoms with E-state index in [2.05, 4.69) is 28.7 Å². The molecular formula is C22H24F3N3O. The van der Waals surface area contributed by atoms with E-state index in [-0.39, 0.29) is 24.3 Å². The fourth-order valence-electron chi connectivity index (χ4n) is 3.44. The Morgan fingerprint density at radius 1 is 1.07 bits per heavy atom. The molecule has 1 aromatic heterocycles. The molecule has 0 unspecified atom stereocenters. The first kappa shape index (κ1) is 20.9. The highest BCUT2D eigenvalue weighted by Gasteiger charge is 2.30. The number of para-hydroxylation sites is 2. The monoisotopic (exact) mass is 403 g/mol. The van der Waals surface area contributed by atoms with Crippen molar-refractivity contribution in [2.45, 2.75) is 51.9 Å². The van der Waals surface area contributed by atoms with Crippen molar-refractivity contribution in [2.24, 2.45) is 0 Å². The topological polar surface area (TPSA) is 46.9 Å². The van der Waals surface area contributed by atoms with Crippen molar-refractivity contribution in [3.8, 4) is 0 Å². The molecule has 3 aromatic rings. The number of aromatic nitrogens is 2. The molecule has 29 heavy (non-hydrogen) atoms. The van der Waals surface area contributed by atoms with Gasteiger partial charge >= 0.3 is 6.18 Å². The van der Waals surface area contributed by atoms with E-state index in [0.717, 1.165) is 29.0 Å². The summed E-state index contributed by atoms with van der Waals surface area (Å²) in [7, 11) is 0. The lowest BCUT2D eigenvalue weighted by atomic mass is 9.96. The molecule has 0 saturated heterocycles. The van der Waals surface area contributed by atoms with Crippen LogP contribution in [0.3, 0.4) is 0 Å². The summed E-state index contributed by atoms with van der Waals surface area (Å²) in [5.41, 5.74) is 1.90. The van der Waals surface area contributed by atoms with Crippen LogP contribution in [0.5, 0.6) is 0 Å². The second kappa shape index (κ2) is 8.27. The number of benzene rings is 2. The summed E-state index contributed by atoms with van der Waals surface area (Å²) in [6.07, 6.45) is -4.17. The third-order valence-electron chi connectivity index (χ3n) is 4.93. The molecule has 1 heterocycles. The van der Waals surface area contributed by atoms with Crippen molar-refractivity contribution < 1.29 is 18.0 Å². The van der Waals surface area contributed by atoms with Gasteiger partial charge in [0.2, 0.25) is 5.91 Å². The molecule has 3 rings (SSSR count). The van der Waals surface area contributed by atoms with Gasteiger partial charge in [-0.05, 0) is 49.6 Å². The van der Waals surface area contributed by atoms with E-state index in [9.17, 15) is 18.0 Å². The summed E-state index contributed by atoms with van der Waals surface area (Å²) in [4.78, 5) is 17.0. The Balaban J connectivity index is 1.64. The van der Waals surface area contributed by atoms with E-state index in [0.29, 0.717) is 12.1 Å². The minimum atomic E-state index is -4.36. The van der Waals surface area contributed by atoms with Gasteiger partial charge in [0.1, 0.15) is 5.82 Å². The minimum Gasteiger partial charge on any atom is -0.349 e. The predicted octanol–water partition coefficient (Wildman–Crippen LogP) is 5.45. The first-order chi connectivity index (χ1) is 13.7. The van der Waals surface area contributed by atoms with Crippen LogP contribution in [-0.4, -0.2) is 15.5 Å². The highest BCUT2D eigenvalue weighted by atomic mass is 19.4. The maximum Gasteiger partial charge on any atom is 0.416 e. The third-order valence-corrected chi connectivity index (χ3v) is 4.93. The van der Waals surface area contributed by atoms with Crippen LogP contribution in [-0.2, 0) is 17.5 Å². The molecule has 0 aliphatic carbocycles. The van der Waals surface area contributed by atoms with E-state index in [1.54, 1.807) is 0 Å². The number of hydrogen-bond donors (Lipinski definition) is 1. The van der Waals surface area contributed by atoms with Crippen molar-refractivity contribution in [3.63, 3.8) is 0 Å². The Hall–Kier alpha value is -2.83. The molecule has 1 amide bonds. The number of rotatable bonds is 6. The van der Waals surface area contributed by atoms with Gasteiger partial charge in [-0.2, -0.15) is 13.2 Å². The fraction of sp³-hybridized carbons (Fsp3) is 0.364. The normalized spacial score (nSPS) is 13.1. The zero-order valence-corrected chi connectivity index (χ0v) is 16.6. The lowest BCUT2D eigenvalue weighted by molar-refractivity contribution is -0.137. The first-order valence-electron chi connectivity index (χ1n) is 9.56. The molecular weight excluding hydrogens is 379 g/mol. The summed E-state index contributed by atoms with van der Waals surface area (Å²) >= 11 is 0. The maximum absolute atomic E-state index is 12.7. The molecule has 0 radical (unpaired) electrons. The SMILES string of the molecule is CC(C)n1c(CNC(=O)C[C@H](C)c2ccc(C(F)(F)F)cc2)nc2ccccc21. The molecule has 0 aliphatic heterocycles. The highest BCUT2D eigenvalue weighted by molar-refractivity contribution is 5.78. The number of carbonyl (C=O) groups is 1. The Morgan fingerprint density at radius 3 is 2.34 bits per heavy atom. The van der Waals surface area contributed by atoms with Crippen LogP contribution in [0, 0.1) is 0 Å². The predicted molar refractivity (Wildman–Crippen MR) is 106 cm³/mol. The molecule has 0 saturated carbocycles. The number of carbonyl (C=O) groups excluding carboxylic acids is 1. The second-order valence-corrected chi connectivity index (χ2v) is 7.48. The average Bonchev–Trinajstić information content (AvgIpc) is 3.04. The molecule has 1 N–H and O–H groups in total. The van der Waals surface area contributed by atoms with Crippen LogP contribution in [0.1, 0.15) is 56.1 Å². The van der Waals surface area contributed by atoms with Gasteiger partial charge < -0.3 is 9.88 Å². The second-order valence-electron chi connectivity index (χ2n) is 7.48. The average molecular weight is 403 g/mol. The molecule has 2 aromatic carbocycles. The third kappa shape index (κ3) is 4.78. The van der Waals surface area contributed by atoms with Crippen LogP contribution in [0.2, 0.25) is 0 Å². The van der Waals surface area contributed by atoms with Crippen molar-refractivity contribution in [1.29, 1.82) is 0 Å². The van der Waals surface area contributed by atoms with Crippen LogP contribution in [0.15, 0.2) is 48.5 Å². The van der Waals surface area contributed by atoms with E-state index < -0.39 is 11.7 Å². The maximum atomic E-state index is 12.7. The number of hydrogen-bond acceptors (Lipinski definition) is 2. The van der Waals surface area contributed by atoms with E-state index in [1.807, 2.05) is 31.2 Å². The summed E-state index contributed by atoms with van der Waals surface area (Å²) in [6.45, 7) is 6.25. The molecule has 0 aliphatic rings. The van der Waals surface area contributed by atoms with E-state index in [1.165, 1.54) is 12.1 Å². The Kier molecular flexibility index (Phi) is 5.96. The Bertz CT molecular complexity index is 991. The van der Waals surface area contributed by atoms with Crippen LogP contribution in [0.25, 0.3) is 11.0 Å². The molecule has 154 valence electrons. The summed E-state index contributed by atoms with van der Waals surface area (Å²) in [5, 5.41) is 2.89. The molecule has 1 atom stereocenters. The van der Waals surface area contributed by atoms with Crippen LogP contribution in [0.4, 0.5) is 13.2 Å². The van der Waals surface area contributed by atoms with Gasteiger partial charge in [0.25, 0.3) is 0 Å². The van der Waals surface area contributed by atoms with E-state index >= 15 is 0 Å². The lowest BCUT2D eigenvalue weighted by Crippen LogP contribution is -2.26. The summed E-state index contributed by atoms with van der Waals surface area (Å²) < 4.78 is 40.2. The fourth-order valence-corrected chi connectivity index (χ4v) is 3.44. The van der Waals surface area contributed by atoms with Gasteiger partial charge in [-0.1, -0.05) is 31.2 Å². The molecule has 0 bridgehead atoms. The molecule has 0 spiro atoms. The van der Waals surface area contributed by atoms with Gasteiger partial charge in [-0.3, -0.25) is 4.79 Å². The van der Waals surface area contributed by atoms with Crippen LogP contribution < -0.4 is 5.32 Å². The van der Waals surface area contributed by atoms with E-state index in [4.69, 9.17) is 0 Å². The summed E-state index contributed by atoms with van der Waals surface area (Å²) in [5.74, 6) is 0.415. The summed E-state index contributed by atoms with van der Waals surface area (Å²) in [6, 6.07) is 13.0. The van der Waals surface area contributed by atoms with Gasteiger partial charge in [0, 0.05) is 12.5 Å². The number of fused-ring (bicyclic) bond motifs is 1. The molecule has 0 fully saturated rings. The van der Waals surface area contributed by atoms with Gasteiger partial charge in [-0.15, -0.1) is 0 Å². The largest absolute Gasteiger partial charge is 0.416 e. The first-order valence-corrected chi connectivity index (χ1v) is 9.56. The number of nitrogens with one attached hydrogen (secondary N) is 1. The number of amides is 1. The van der Waals surface area contributed by atoms with Gasteiger partial charge in [-0.25, -0.2) is 4.98 Å². The zero-order valence-electron chi connectivity index (χ0n) is 16.6. The Labute approximate surface area is 167 Å². The van der Waals surface area contributed by atoms with Crippen molar-refractivity contribution in [1.82, 2.24) is 14.9 Å². The lowest BCUT2D eigenvalue weighted by Gasteiger charge is -2.15. The standard InChI is InChI=1S/C22H24F3N3O/c1-14(2)28-19-7-5-4-6-18(19)27-20(28)13-26-21(29)12-15(3)16-8-10-17(11-9-16)22(23,24)25/h4-11,14-15H,12-13H2,1-3H3,(H,26,29)/t15-/m0/s1.